The summed E-state index contributed by atoms with van der Waals surface area (Å²) < 4.78 is 43.6. The molecular weight excluding hydrogens is 393 g/mol. The first-order valence-electron chi connectivity index (χ1n) is 8.52. The SMILES string of the molecule is C[C@H](Oc1ccc(C#N)c(Cl)c1C(=O)N1CC(c2ccccc2)C1)C(F)(F)F. The lowest BCUT2D eigenvalue weighted by atomic mass is 9.90. The molecule has 0 bridgehead atoms. The number of nitriles is 1. The van der Waals surface area contributed by atoms with Crippen molar-refractivity contribution in [2.75, 3.05) is 13.1 Å². The molecule has 0 spiro atoms. The van der Waals surface area contributed by atoms with E-state index in [4.69, 9.17) is 21.6 Å². The van der Waals surface area contributed by atoms with E-state index in [1.54, 1.807) is 0 Å². The maximum Gasteiger partial charge on any atom is 0.425 e. The third-order valence-electron chi connectivity index (χ3n) is 4.64. The molecule has 0 aromatic heterocycles. The van der Waals surface area contributed by atoms with Gasteiger partial charge >= 0.3 is 6.18 Å². The van der Waals surface area contributed by atoms with Crippen LogP contribution in [0.2, 0.25) is 5.02 Å². The molecule has 0 N–H and O–H groups in total. The molecule has 4 nitrogen and oxygen atoms in total. The molecule has 28 heavy (non-hydrogen) atoms. The number of ether oxygens (including phenoxy) is 1. The molecule has 0 radical (unpaired) electrons. The number of carbonyl (C=O) groups excluding carboxylic acids is 1. The summed E-state index contributed by atoms with van der Waals surface area (Å²) in [6, 6.07) is 13.8. The highest BCUT2D eigenvalue weighted by molar-refractivity contribution is 6.35. The lowest BCUT2D eigenvalue weighted by Crippen LogP contribution is -2.48. The Morgan fingerprint density at radius 2 is 1.89 bits per heavy atom. The van der Waals surface area contributed by atoms with Gasteiger partial charge in [-0.25, -0.2) is 0 Å². The predicted octanol–water partition coefficient (Wildman–Crippen LogP) is 4.78. The van der Waals surface area contributed by atoms with Crippen LogP contribution in [0, 0.1) is 11.3 Å². The van der Waals surface area contributed by atoms with Crippen LogP contribution < -0.4 is 4.74 Å². The Bertz CT molecular complexity index is 920. The quantitative estimate of drug-likeness (QED) is 0.731. The number of alkyl halides is 3. The summed E-state index contributed by atoms with van der Waals surface area (Å²) in [5.41, 5.74) is 0.853. The number of rotatable bonds is 4. The zero-order valence-electron chi connectivity index (χ0n) is 14.8. The molecule has 2 aromatic carbocycles. The number of likely N-dealkylation sites (tertiary alicyclic amines) is 1. The molecule has 0 aliphatic carbocycles. The maximum absolute atomic E-state index is 12.9. The zero-order chi connectivity index (χ0) is 20.5. The van der Waals surface area contributed by atoms with Crippen molar-refractivity contribution in [2.45, 2.75) is 25.1 Å². The van der Waals surface area contributed by atoms with Gasteiger partial charge in [0.15, 0.2) is 6.10 Å². The minimum atomic E-state index is -4.60. The number of amides is 1. The molecule has 1 aliphatic rings. The van der Waals surface area contributed by atoms with Gasteiger partial charge in [-0.15, -0.1) is 0 Å². The normalized spacial score (nSPS) is 15.5. The number of carbonyl (C=O) groups is 1. The van der Waals surface area contributed by atoms with Gasteiger partial charge in [-0.1, -0.05) is 41.9 Å². The fourth-order valence-electron chi connectivity index (χ4n) is 2.94. The van der Waals surface area contributed by atoms with Crippen LogP contribution in [-0.2, 0) is 0 Å². The number of halogens is 4. The van der Waals surface area contributed by atoms with Crippen LogP contribution >= 0.6 is 11.6 Å². The molecule has 8 heteroatoms. The Labute approximate surface area is 165 Å². The lowest BCUT2D eigenvalue weighted by molar-refractivity contribution is -0.189. The van der Waals surface area contributed by atoms with Crippen molar-refractivity contribution in [1.82, 2.24) is 4.90 Å². The Balaban J connectivity index is 1.85. The average molecular weight is 409 g/mol. The highest BCUT2D eigenvalue weighted by Crippen LogP contribution is 2.36. The molecule has 146 valence electrons. The molecule has 0 unspecified atom stereocenters. The van der Waals surface area contributed by atoms with Crippen LogP contribution in [0.3, 0.4) is 0 Å². The van der Waals surface area contributed by atoms with Crippen LogP contribution in [0.4, 0.5) is 13.2 Å². The number of hydrogen-bond donors (Lipinski definition) is 0. The fraction of sp³-hybridized carbons (Fsp3) is 0.300. The van der Waals surface area contributed by atoms with E-state index in [2.05, 4.69) is 0 Å². The lowest BCUT2D eigenvalue weighted by Gasteiger charge is -2.40. The van der Waals surface area contributed by atoms with Crippen molar-refractivity contribution in [1.29, 1.82) is 5.26 Å². The van der Waals surface area contributed by atoms with Gasteiger partial charge in [0.05, 0.1) is 10.6 Å². The van der Waals surface area contributed by atoms with Crippen molar-refractivity contribution >= 4 is 17.5 Å². The van der Waals surface area contributed by atoms with E-state index in [1.165, 1.54) is 17.0 Å². The zero-order valence-corrected chi connectivity index (χ0v) is 15.6. The van der Waals surface area contributed by atoms with E-state index in [-0.39, 0.29) is 27.8 Å². The standard InChI is InChI=1S/C20H16ClF3N2O2/c1-12(20(22,23)24)28-16-8-7-14(9-25)18(21)17(16)19(27)26-10-15(11-26)13-5-3-2-4-6-13/h2-8,12,15H,10-11H2,1H3/t12-/m0/s1. The average Bonchev–Trinajstić information content (AvgIpc) is 2.60. The Hall–Kier alpha value is -2.72. The van der Waals surface area contributed by atoms with Gasteiger partial charge in [-0.2, -0.15) is 18.4 Å². The summed E-state index contributed by atoms with van der Waals surface area (Å²) >= 11 is 6.15. The van der Waals surface area contributed by atoms with Crippen molar-refractivity contribution in [3.8, 4) is 11.8 Å². The monoisotopic (exact) mass is 408 g/mol. The summed E-state index contributed by atoms with van der Waals surface area (Å²) in [5, 5.41) is 8.94. The molecule has 1 heterocycles. The third kappa shape index (κ3) is 3.92. The second-order valence-corrected chi connectivity index (χ2v) is 6.91. The van der Waals surface area contributed by atoms with Gasteiger partial charge in [0.25, 0.3) is 5.91 Å². The molecule has 2 aromatic rings. The predicted molar refractivity (Wildman–Crippen MR) is 97.4 cm³/mol. The number of nitrogens with zero attached hydrogens (tertiary/aromatic N) is 2. The molecular formula is C20H16ClF3N2O2. The van der Waals surface area contributed by atoms with E-state index in [1.807, 2.05) is 36.4 Å². The molecule has 3 rings (SSSR count). The first-order chi connectivity index (χ1) is 13.2. The highest BCUT2D eigenvalue weighted by Gasteiger charge is 2.40. The van der Waals surface area contributed by atoms with E-state index < -0.39 is 18.2 Å². The van der Waals surface area contributed by atoms with Crippen LogP contribution in [-0.4, -0.2) is 36.2 Å². The van der Waals surface area contributed by atoms with Crippen LogP contribution in [0.1, 0.15) is 34.3 Å². The maximum atomic E-state index is 12.9. The summed E-state index contributed by atoms with van der Waals surface area (Å²) in [6.45, 7) is 1.66. The minimum absolute atomic E-state index is 0.00263. The molecule has 0 saturated carbocycles. The van der Waals surface area contributed by atoms with Gasteiger partial charge < -0.3 is 9.64 Å². The Kier molecular flexibility index (Phi) is 5.52. The Morgan fingerprint density at radius 1 is 1.25 bits per heavy atom. The van der Waals surface area contributed by atoms with Gasteiger partial charge in [-0.3, -0.25) is 4.79 Å². The van der Waals surface area contributed by atoms with Crippen LogP contribution in [0.25, 0.3) is 0 Å². The first-order valence-corrected chi connectivity index (χ1v) is 8.90. The molecule has 1 amide bonds. The van der Waals surface area contributed by atoms with Gasteiger partial charge in [0, 0.05) is 19.0 Å². The molecule has 1 atom stereocenters. The van der Waals surface area contributed by atoms with Gasteiger partial charge in [0.1, 0.15) is 17.4 Å². The van der Waals surface area contributed by atoms with E-state index in [0.29, 0.717) is 13.1 Å². The van der Waals surface area contributed by atoms with Crippen molar-refractivity contribution in [2.24, 2.45) is 0 Å². The summed E-state index contributed by atoms with van der Waals surface area (Å²) in [6.07, 6.45) is -6.73. The third-order valence-corrected chi connectivity index (χ3v) is 5.04. The summed E-state index contributed by atoms with van der Waals surface area (Å²) in [7, 11) is 0. The number of hydrogen-bond acceptors (Lipinski definition) is 3. The number of benzene rings is 2. The largest absolute Gasteiger partial charge is 0.480 e. The Morgan fingerprint density at radius 3 is 2.46 bits per heavy atom. The van der Waals surface area contributed by atoms with E-state index in [0.717, 1.165) is 12.5 Å². The van der Waals surface area contributed by atoms with Crippen molar-refractivity contribution in [3.05, 3.63) is 64.2 Å². The molecule has 1 fully saturated rings. The summed E-state index contributed by atoms with van der Waals surface area (Å²) in [4.78, 5) is 14.4. The van der Waals surface area contributed by atoms with Crippen LogP contribution in [0.5, 0.6) is 5.75 Å². The topological polar surface area (TPSA) is 53.3 Å². The fourth-order valence-corrected chi connectivity index (χ4v) is 3.22. The van der Waals surface area contributed by atoms with Gasteiger partial charge in [0.2, 0.25) is 0 Å². The highest BCUT2D eigenvalue weighted by atomic mass is 35.5. The second kappa shape index (κ2) is 7.72. The van der Waals surface area contributed by atoms with E-state index >= 15 is 0 Å². The van der Waals surface area contributed by atoms with Crippen LogP contribution in [0.15, 0.2) is 42.5 Å². The second-order valence-electron chi connectivity index (χ2n) is 6.53. The molecule has 1 saturated heterocycles. The summed E-state index contributed by atoms with van der Waals surface area (Å²) in [5.74, 6) is -0.706. The van der Waals surface area contributed by atoms with Crippen molar-refractivity contribution in [3.63, 3.8) is 0 Å². The van der Waals surface area contributed by atoms with Gasteiger partial charge in [-0.05, 0) is 24.6 Å². The van der Waals surface area contributed by atoms with Crippen molar-refractivity contribution < 1.29 is 22.7 Å². The molecule has 1 aliphatic heterocycles. The minimum Gasteiger partial charge on any atom is -0.480 e. The smallest absolute Gasteiger partial charge is 0.425 e. The first kappa shape index (κ1) is 20.0. The van der Waals surface area contributed by atoms with E-state index in [9.17, 15) is 18.0 Å².